The fraction of sp³-hybridized carbons (Fsp3) is 0.571. The first kappa shape index (κ1) is 8.34. The van der Waals surface area contributed by atoms with Crippen molar-refractivity contribution >= 4 is 22.1 Å². The second kappa shape index (κ2) is 3.64. The van der Waals surface area contributed by atoms with Crippen molar-refractivity contribution in [3.8, 4) is 0 Å². The van der Waals surface area contributed by atoms with E-state index in [9.17, 15) is 4.21 Å². The molecule has 1 aliphatic rings. The Morgan fingerprint density at radius 1 is 1.75 bits per heavy atom. The SMILES string of the molecule is O=[S@@](c1nccs1)[C@@H]1CCNC1. The third kappa shape index (κ3) is 1.57. The summed E-state index contributed by atoms with van der Waals surface area (Å²) in [7, 11) is -0.883. The van der Waals surface area contributed by atoms with Gasteiger partial charge in [-0.2, -0.15) is 0 Å². The summed E-state index contributed by atoms with van der Waals surface area (Å²) in [4.78, 5) is 4.05. The fourth-order valence-corrected chi connectivity index (χ4v) is 3.63. The number of nitrogens with one attached hydrogen (secondary N) is 1. The number of nitrogens with zero attached hydrogens (tertiary/aromatic N) is 1. The van der Waals surface area contributed by atoms with Crippen LogP contribution in [0.3, 0.4) is 0 Å². The molecule has 66 valence electrons. The summed E-state index contributed by atoms with van der Waals surface area (Å²) in [6.45, 7) is 1.86. The summed E-state index contributed by atoms with van der Waals surface area (Å²) >= 11 is 1.48. The first-order valence-corrected chi connectivity index (χ1v) is 5.98. The smallest absolute Gasteiger partial charge is 0.180 e. The van der Waals surface area contributed by atoms with Crippen molar-refractivity contribution in [2.24, 2.45) is 0 Å². The molecule has 0 radical (unpaired) electrons. The molecule has 2 heterocycles. The molecular formula is C7H10N2OS2. The number of hydrogen-bond acceptors (Lipinski definition) is 4. The molecule has 3 nitrogen and oxygen atoms in total. The van der Waals surface area contributed by atoms with Crippen LogP contribution in [0.25, 0.3) is 0 Å². The summed E-state index contributed by atoms with van der Waals surface area (Å²) in [5.41, 5.74) is 0. The molecule has 1 N–H and O–H groups in total. The third-order valence-electron chi connectivity index (χ3n) is 1.90. The molecule has 1 aliphatic heterocycles. The van der Waals surface area contributed by atoms with E-state index in [1.807, 2.05) is 5.38 Å². The molecule has 2 atom stereocenters. The standard InChI is InChI=1S/C7H10N2OS2/c10-12(6-1-2-8-5-6)7-9-3-4-11-7/h3-4,6,8H,1-2,5H2/t6-,12-/m1/s1. The monoisotopic (exact) mass is 202 g/mol. The van der Waals surface area contributed by atoms with E-state index in [2.05, 4.69) is 10.3 Å². The predicted molar refractivity (Wildman–Crippen MR) is 49.8 cm³/mol. The number of hydrogen-bond donors (Lipinski definition) is 1. The van der Waals surface area contributed by atoms with Crippen LogP contribution >= 0.6 is 11.3 Å². The minimum Gasteiger partial charge on any atom is -0.315 e. The van der Waals surface area contributed by atoms with Gasteiger partial charge in [-0.15, -0.1) is 11.3 Å². The first-order chi connectivity index (χ1) is 5.88. The van der Waals surface area contributed by atoms with Crippen molar-refractivity contribution in [2.45, 2.75) is 16.0 Å². The normalized spacial score (nSPS) is 25.8. The second-order valence-electron chi connectivity index (χ2n) is 2.71. The largest absolute Gasteiger partial charge is 0.315 e. The third-order valence-corrected chi connectivity index (χ3v) is 4.70. The van der Waals surface area contributed by atoms with Gasteiger partial charge >= 0.3 is 0 Å². The van der Waals surface area contributed by atoms with Gasteiger partial charge in [-0.05, 0) is 13.0 Å². The topological polar surface area (TPSA) is 42.0 Å². The Bertz CT molecular complexity index is 267. The van der Waals surface area contributed by atoms with Crippen LogP contribution in [0.1, 0.15) is 6.42 Å². The molecule has 0 bridgehead atoms. The highest BCUT2D eigenvalue weighted by Gasteiger charge is 2.23. The van der Waals surface area contributed by atoms with E-state index in [1.54, 1.807) is 6.20 Å². The average Bonchev–Trinajstić information content (AvgIpc) is 2.77. The summed E-state index contributed by atoms with van der Waals surface area (Å²) in [6.07, 6.45) is 2.71. The molecule has 1 saturated heterocycles. The van der Waals surface area contributed by atoms with Gasteiger partial charge in [-0.1, -0.05) is 0 Å². The van der Waals surface area contributed by atoms with E-state index < -0.39 is 10.8 Å². The van der Waals surface area contributed by atoms with Crippen LogP contribution in [0.2, 0.25) is 0 Å². The molecule has 1 fully saturated rings. The van der Waals surface area contributed by atoms with Gasteiger partial charge in [-0.3, -0.25) is 4.21 Å². The predicted octanol–water partition coefficient (Wildman–Crippen LogP) is 0.613. The van der Waals surface area contributed by atoms with Gasteiger partial charge in [0.2, 0.25) is 0 Å². The summed E-state index contributed by atoms with van der Waals surface area (Å²) < 4.78 is 12.5. The van der Waals surface area contributed by atoms with Crippen LogP contribution in [-0.2, 0) is 10.8 Å². The Kier molecular flexibility index (Phi) is 2.53. The van der Waals surface area contributed by atoms with Crippen LogP contribution in [0, 0.1) is 0 Å². The summed E-state index contributed by atoms with van der Waals surface area (Å²) in [5, 5.41) is 5.34. The van der Waals surface area contributed by atoms with E-state index >= 15 is 0 Å². The average molecular weight is 202 g/mol. The summed E-state index contributed by atoms with van der Waals surface area (Å²) in [5.74, 6) is 0. The Morgan fingerprint density at radius 2 is 2.67 bits per heavy atom. The molecule has 2 rings (SSSR count). The van der Waals surface area contributed by atoms with Crippen LogP contribution in [0.4, 0.5) is 0 Å². The van der Waals surface area contributed by atoms with Crippen LogP contribution in [0.15, 0.2) is 15.9 Å². The molecule has 1 aromatic rings. The Morgan fingerprint density at radius 3 is 3.25 bits per heavy atom. The molecular weight excluding hydrogens is 192 g/mol. The molecule has 0 aliphatic carbocycles. The number of aromatic nitrogens is 1. The highest BCUT2D eigenvalue weighted by Crippen LogP contribution is 2.17. The van der Waals surface area contributed by atoms with Crippen LogP contribution in [-0.4, -0.2) is 27.5 Å². The van der Waals surface area contributed by atoms with Gasteiger partial charge < -0.3 is 5.32 Å². The molecule has 1 aromatic heterocycles. The minimum absolute atomic E-state index is 0.274. The van der Waals surface area contributed by atoms with Gasteiger partial charge in [0.05, 0.1) is 16.0 Å². The zero-order valence-electron chi connectivity index (χ0n) is 6.53. The molecule has 5 heteroatoms. The van der Waals surface area contributed by atoms with Crippen molar-refractivity contribution in [1.29, 1.82) is 0 Å². The zero-order valence-corrected chi connectivity index (χ0v) is 8.16. The van der Waals surface area contributed by atoms with Crippen molar-refractivity contribution in [3.63, 3.8) is 0 Å². The van der Waals surface area contributed by atoms with Gasteiger partial charge in [0.1, 0.15) is 0 Å². The van der Waals surface area contributed by atoms with E-state index in [4.69, 9.17) is 0 Å². The maximum absolute atomic E-state index is 11.7. The molecule has 0 unspecified atom stereocenters. The quantitative estimate of drug-likeness (QED) is 0.764. The summed E-state index contributed by atoms with van der Waals surface area (Å²) in [6, 6.07) is 0. The highest BCUT2D eigenvalue weighted by atomic mass is 32.2. The van der Waals surface area contributed by atoms with Crippen molar-refractivity contribution < 1.29 is 4.21 Å². The van der Waals surface area contributed by atoms with E-state index in [1.165, 1.54) is 11.3 Å². The van der Waals surface area contributed by atoms with Gasteiger partial charge in [0.15, 0.2) is 4.34 Å². The van der Waals surface area contributed by atoms with Gasteiger partial charge in [0.25, 0.3) is 0 Å². The maximum atomic E-state index is 11.7. The lowest BCUT2D eigenvalue weighted by atomic mass is 10.4. The first-order valence-electron chi connectivity index (χ1n) is 3.89. The lowest BCUT2D eigenvalue weighted by molar-refractivity contribution is 0.671. The minimum atomic E-state index is -0.883. The highest BCUT2D eigenvalue weighted by molar-refractivity contribution is 7.87. The van der Waals surface area contributed by atoms with Crippen LogP contribution < -0.4 is 5.32 Å². The van der Waals surface area contributed by atoms with E-state index in [0.717, 1.165) is 23.8 Å². The maximum Gasteiger partial charge on any atom is 0.180 e. The van der Waals surface area contributed by atoms with Crippen molar-refractivity contribution in [1.82, 2.24) is 10.3 Å². The lowest BCUT2D eigenvalue weighted by Gasteiger charge is -2.03. The molecule has 0 saturated carbocycles. The Hall–Kier alpha value is -0.260. The number of rotatable bonds is 2. The fourth-order valence-electron chi connectivity index (χ4n) is 1.26. The molecule has 0 spiro atoms. The van der Waals surface area contributed by atoms with E-state index in [-0.39, 0.29) is 5.25 Å². The van der Waals surface area contributed by atoms with E-state index in [0.29, 0.717) is 0 Å². The lowest BCUT2D eigenvalue weighted by Crippen LogP contribution is -2.18. The number of thiazole rings is 1. The molecule has 0 amide bonds. The van der Waals surface area contributed by atoms with Crippen molar-refractivity contribution in [3.05, 3.63) is 11.6 Å². The Labute approximate surface area is 77.7 Å². The molecule has 0 aromatic carbocycles. The second-order valence-corrected chi connectivity index (χ2v) is 5.51. The van der Waals surface area contributed by atoms with Gasteiger partial charge in [-0.25, -0.2) is 4.98 Å². The van der Waals surface area contributed by atoms with Crippen LogP contribution in [0.5, 0.6) is 0 Å². The zero-order chi connectivity index (χ0) is 8.39. The molecule has 12 heavy (non-hydrogen) atoms. The van der Waals surface area contributed by atoms with Crippen molar-refractivity contribution in [2.75, 3.05) is 13.1 Å². The Balaban J connectivity index is 2.09. The van der Waals surface area contributed by atoms with Gasteiger partial charge in [0, 0.05) is 18.1 Å².